The molecular formula is C16H18F3N3O2. The van der Waals surface area contributed by atoms with Gasteiger partial charge in [-0.15, -0.1) is 0 Å². The second kappa shape index (κ2) is 6.41. The van der Waals surface area contributed by atoms with Crippen LogP contribution in [0.5, 0.6) is 0 Å². The lowest BCUT2D eigenvalue weighted by molar-refractivity contribution is -0.137. The molecular weight excluding hydrogens is 323 g/mol. The Morgan fingerprint density at radius 1 is 1.00 bits per heavy atom. The topological polar surface area (TPSA) is 56.4 Å². The number of fused-ring (bicyclic) bond motifs is 1. The number of hydrogen-bond donors (Lipinski definition) is 0. The third kappa shape index (κ3) is 3.22. The SMILES string of the molecule is O=c1nc2ccc(C(F)(F)F)cn2c(=O)n1C1CCCCCCC1. The van der Waals surface area contributed by atoms with Gasteiger partial charge in [0.1, 0.15) is 5.65 Å². The van der Waals surface area contributed by atoms with Gasteiger partial charge in [-0.2, -0.15) is 18.2 Å². The summed E-state index contributed by atoms with van der Waals surface area (Å²) in [6, 6.07) is 1.57. The Kier molecular flexibility index (Phi) is 4.47. The number of alkyl halides is 3. The average Bonchev–Trinajstić information content (AvgIpc) is 2.47. The molecule has 5 nitrogen and oxygen atoms in total. The molecule has 8 heteroatoms. The second-order valence-electron chi connectivity index (χ2n) is 6.19. The van der Waals surface area contributed by atoms with E-state index in [2.05, 4.69) is 4.98 Å². The van der Waals surface area contributed by atoms with Crippen LogP contribution in [0.4, 0.5) is 13.2 Å². The predicted molar refractivity (Wildman–Crippen MR) is 82.1 cm³/mol. The van der Waals surface area contributed by atoms with Crippen LogP contribution in [0.15, 0.2) is 27.9 Å². The van der Waals surface area contributed by atoms with Crippen LogP contribution in [0, 0.1) is 0 Å². The van der Waals surface area contributed by atoms with E-state index in [9.17, 15) is 22.8 Å². The van der Waals surface area contributed by atoms with Crippen LogP contribution in [0.1, 0.15) is 56.6 Å². The van der Waals surface area contributed by atoms with Crippen molar-refractivity contribution in [3.8, 4) is 0 Å². The molecule has 0 atom stereocenters. The maximum Gasteiger partial charge on any atom is 0.417 e. The summed E-state index contributed by atoms with van der Waals surface area (Å²) in [4.78, 5) is 28.7. The molecule has 1 fully saturated rings. The maximum absolute atomic E-state index is 12.9. The van der Waals surface area contributed by atoms with Crippen LogP contribution in [-0.2, 0) is 6.18 Å². The van der Waals surface area contributed by atoms with E-state index >= 15 is 0 Å². The largest absolute Gasteiger partial charge is 0.417 e. The molecule has 1 aliphatic carbocycles. The lowest BCUT2D eigenvalue weighted by Gasteiger charge is -2.21. The van der Waals surface area contributed by atoms with E-state index in [4.69, 9.17) is 0 Å². The van der Waals surface area contributed by atoms with Crippen molar-refractivity contribution in [2.24, 2.45) is 0 Å². The van der Waals surface area contributed by atoms with Crippen molar-refractivity contribution in [1.29, 1.82) is 0 Å². The zero-order chi connectivity index (χ0) is 17.3. The Labute approximate surface area is 135 Å². The molecule has 0 saturated heterocycles. The minimum atomic E-state index is -4.56. The van der Waals surface area contributed by atoms with E-state index in [1.165, 1.54) is 0 Å². The van der Waals surface area contributed by atoms with Gasteiger partial charge in [-0.1, -0.05) is 32.1 Å². The van der Waals surface area contributed by atoms with Gasteiger partial charge in [0, 0.05) is 12.2 Å². The number of halogens is 3. The molecule has 2 aromatic heterocycles. The fraction of sp³-hybridized carbons (Fsp3) is 0.562. The molecule has 24 heavy (non-hydrogen) atoms. The van der Waals surface area contributed by atoms with Crippen molar-refractivity contribution in [2.45, 2.75) is 57.2 Å². The maximum atomic E-state index is 12.9. The van der Waals surface area contributed by atoms with E-state index in [1.807, 2.05) is 0 Å². The van der Waals surface area contributed by atoms with Crippen LogP contribution in [0.25, 0.3) is 5.65 Å². The zero-order valence-electron chi connectivity index (χ0n) is 13.1. The molecule has 0 bridgehead atoms. The van der Waals surface area contributed by atoms with Gasteiger partial charge in [0.25, 0.3) is 0 Å². The molecule has 0 N–H and O–H groups in total. The highest BCUT2D eigenvalue weighted by atomic mass is 19.4. The normalized spacial score (nSPS) is 17.6. The van der Waals surface area contributed by atoms with Crippen molar-refractivity contribution >= 4 is 5.65 Å². The molecule has 3 rings (SSSR count). The highest BCUT2D eigenvalue weighted by molar-refractivity contribution is 5.38. The summed E-state index contributed by atoms with van der Waals surface area (Å²) < 4.78 is 40.5. The fourth-order valence-corrected chi connectivity index (χ4v) is 3.26. The van der Waals surface area contributed by atoms with Crippen molar-refractivity contribution in [3.63, 3.8) is 0 Å². The summed E-state index contributed by atoms with van der Waals surface area (Å²) in [5, 5.41) is 0. The lowest BCUT2D eigenvalue weighted by Crippen LogP contribution is -2.42. The summed E-state index contributed by atoms with van der Waals surface area (Å²) in [6.45, 7) is 0. The third-order valence-electron chi connectivity index (χ3n) is 4.52. The summed E-state index contributed by atoms with van der Waals surface area (Å²) >= 11 is 0. The van der Waals surface area contributed by atoms with Crippen molar-refractivity contribution in [1.82, 2.24) is 14.0 Å². The van der Waals surface area contributed by atoms with Crippen molar-refractivity contribution < 1.29 is 13.2 Å². The summed E-state index contributed by atoms with van der Waals surface area (Å²) in [6.07, 6.45) is 2.47. The quantitative estimate of drug-likeness (QED) is 0.801. The zero-order valence-corrected chi connectivity index (χ0v) is 13.1. The van der Waals surface area contributed by atoms with Gasteiger partial charge >= 0.3 is 17.6 Å². The molecule has 0 unspecified atom stereocenters. The first-order chi connectivity index (χ1) is 11.4. The molecule has 0 radical (unpaired) electrons. The van der Waals surface area contributed by atoms with Crippen LogP contribution in [0.3, 0.4) is 0 Å². The first-order valence-corrected chi connectivity index (χ1v) is 8.10. The van der Waals surface area contributed by atoms with E-state index in [1.54, 1.807) is 0 Å². The summed E-state index contributed by atoms with van der Waals surface area (Å²) in [5.74, 6) is 0. The first-order valence-electron chi connectivity index (χ1n) is 8.10. The monoisotopic (exact) mass is 341 g/mol. The van der Waals surface area contributed by atoms with Crippen LogP contribution >= 0.6 is 0 Å². The van der Waals surface area contributed by atoms with Crippen molar-refractivity contribution in [3.05, 3.63) is 44.9 Å². The van der Waals surface area contributed by atoms with Crippen LogP contribution in [0.2, 0.25) is 0 Å². The summed E-state index contributed by atoms with van der Waals surface area (Å²) in [5.41, 5.74) is -2.45. The van der Waals surface area contributed by atoms with Gasteiger partial charge in [-0.05, 0) is 25.0 Å². The van der Waals surface area contributed by atoms with Gasteiger partial charge < -0.3 is 0 Å². The highest BCUT2D eigenvalue weighted by Gasteiger charge is 2.31. The lowest BCUT2D eigenvalue weighted by atomic mass is 9.96. The number of hydrogen-bond acceptors (Lipinski definition) is 3. The summed E-state index contributed by atoms with van der Waals surface area (Å²) in [7, 11) is 0. The number of pyridine rings is 1. The van der Waals surface area contributed by atoms with Gasteiger partial charge in [-0.25, -0.2) is 14.2 Å². The Bertz CT molecular complexity index is 846. The number of aromatic nitrogens is 3. The van der Waals surface area contributed by atoms with Gasteiger partial charge in [0.05, 0.1) is 5.56 Å². The number of nitrogens with zero attached hydrogens (tertiary/aromatic N) is 3. The standard InChI is InChI=1S/C16H18F3N3O2/c17-16(18,19)11-8-9-13-20-14(23)22(15(24)21(13)10-11)12-6-4-2-1-3-5-7-12/h8-10,12H,1-7H2. The second-order valence-corrected chi connectivity index (χ2v) is 6.19. The third-order valence-corrected chi connectivity index (χ3v) is 4.52. The Hall–Kier alpha value is -2.12. The van der Waals surface area contributed by atoms with E-state index in [0.29, 0.717) is 19.0 Å². The minimum absolute atomic E-state index is 0.0694. The molecule has 0 aromatic carbocycles. The Morgan fingerprint density at radius 2 is 1.62 bits per heavy atom. The number of rotatable bonds is 1. The molecule has 2 heterocycles. The Balaban J connectivity index is 2.13. The van der Waals surface area contributed by atoms with E-state index in [-0.39, 0.29) is 11.7 Å². The first kappa shape index (κ1) is 16.7. The van der Waals surface area contributed by atoms with Gasteiger partial charge in [-0.3, -0.25) is 4.40 Å². The van der Waals surface area contributed by atoms with Crippen LogP contribution in [-0.4, -0.2) is 14.0 Å². The molecule has 0 amide bonds. The smallest absolute Gasteiger partial charge is 0.252 e. The van der Waals surface area contributed by atoms with Crippen LogP contribution < -0.4 is 11.4 Å². The van der Waals surface area contributed by atoms with Crippen molar-refractivity contribution in [2.75, 3.05) is 0 Å². The highest BCUT2D eigenvalue weighted by Crippen LogP contribution is 2.29. The van der Waals surface area contributed by atoms with Gasteiger partial charge in [0.15, 0.2) is 0 Å². The van der Waals surface area contributed by atoms with E-state index in [0.717, 1.165) is 53.2 Å². The predicted octanol–water partition coefficient (Wildman–Crippen LogP) is 3.16. The molecule has 2 aromatic rings. The Morgan fingerprint density at radius 3 is 2.25 bits per heavy atom. The van der Waals surface area contributed by atoms with E-state index < -0.39 is 23.1 Å². The molecule has 0 aliphatic heterocycles. The minimum Gasteiger partial charge on any atom is -0.252 e. The fourth-order valence-electron chi connectivity index (χ4n) is 3.26. The molecule has 1 saturated carbocycles. The average molecular weight is 341 g/mol. The molecule has 0 spiro atoms. The molecule has 130 valence electrons. The molecule has 1 aliphatic rings. The van der Waals surface area contributed by atoms with Gasteiger partial charge in [0.2, 0.25) is 0 Å².